The number of aliphatic hydroxyl groups excluding tert-OH is 1. The van der Waals surface area contributed by atoms with Gasteiger partial charge in [-0.2, -0.15) is 0 Å². The minimum absolute atomic E-state index is 0.132. The molecular weight excluding hydrogens is 282 g/mol. The molecule has 5 heteroatoms. The fourth-order valence-electron chi connectivity index (χ4n) is 3.34. The highest BCUT2D eigenvalue weighted by Gasteiger charge is 2.32. The predicted octanol–water partition coefficient (Wildman–Crippen LogP) is 2.68. The van der Waals surface area contributed by atoms with Crippen LogP contribution in [0.5, 0.6) is 0 Å². The summed E-state index contributed by atoms with van der Waals surface area (Å²) in [4.78, 5) is 13.6. The van der Waals surface area contributed by atoms with Crippen molar-refractivity contribution in [3.63, 3.8) is 0 Å². The van der Waals surface area contributed by atoms with Gasteiger partial charge in [0.25, 0.3) is 0 Å². The van der Waals surface area contributed by atoms with Crippen LogP contribution in [0.4, 0.5) is 10.5 Å². The molecule has 1 heterocycles. The van der Waals surface area contributed by atoms with Crippen molar-refractivity contribution >= 4 is 11.8 Å². The van der Waals surface area contributed by atoms with Crippen LogP contribution < -0.4 is 4.90 Å². The van der Waals surface area contributed by atoms with Crippen LogP contribution in [0.15, 0.2) is 24.3 Å². The van der Waals surface area contributed by atoms with Crippen molar-refractivity contribution in [2.75, 3.05) is 25.2 Å². The summed E-state index contributed by atoms with van der Waals surface area (Å²) < 4.78 is 10.3. The maximum atomic E-state index is 11.9. The normalized spacial score (nSPS) is 28.7. The zero-order valence-electron chi connectivity index (χ0n) is 12.9. The van der Waals surface area contributed by atoms with Crippen molar-refractivity contribution in [2.45, 2.75) is 43.8 Å². The molecule has 0 radical (unpaired) electrons. The van der Waals surface area contributed by atoms with Gasteiger partial charge in [0.15, 0.2) is 0 Å². The number of ether oxygens (including phenoxy) is 2. The van der Waals surface area contributed by atoms with Crippen LogP contribution >= 0.6 is 0 Å². The highest BCUT2D eigenvalue weighted by atomic mass is 16.6. The standard InChI is InChI=1S/C17H23NO4/c1-21-11-16-10-18(17(20)22-16)14-6-2-12(3-7-14)13-4-8-15(19)9-5-13/h2-3,6-7,13,15-16,19H,4-5,8-11H2,1H3/t13-,15-,16-/m1/s1. The molecule has 1 aliphatic carbocycles. The smallest absolute Gasteiger partial charge is 0.414 e. The van der Waals surface area contributed by atoms with Gasteiger partial charge in [-0.15, -0.1) is 0 Å². The number of amides is 1. The number of aliphatic hydroxyl groups is 1. The molecule has 2 aliphatic rings. The molecule has 0 unspecified atom stereocenters. The van der Waals surface area contributed by atoms with Crippen LogP contribution in [0.2, 0.25) is 0 Å². The number of methoxy groups -OCH3 is 1. The first-order chi connectivity index (χ1) is 10.7. The molecule has 1 aromatic rings. The zero-order valence-corrected chi connectivity index (χ0v) is 12.9. The molecule has 1 atom stereocenters. The van der Waals surface area contributed by atoms with E-state index >= 15 is 0 Å². The Bertz CT molecular complexity index is 508. The third-order valence-corrected chi connectivity index (χ3v) is 4.60. The number of cyclic esters (lactones) is 1. The largest absolute Gasteiger partial charge is 0.441 e. The number of carbonyl (C=O) groups is 1. The molecule has 22 heavy (non-hydrogen) atoms. The van der Waals surface area contributed by atoms with Crippen molar-refractivity contribution in [3.05, 3.63) is 29.8 Å². The minimum Gasteiger partial charge on any atom is -0.441 e. The summed E-state index contributed by atoms with van der Waals surface area (Å²) >= 11 is 0. The molecule has 1 aliphatic heterocycles. The van der Waals surface area contributed by atoms with Gasteiger partial charge in [0, 0.05) is 12.8 Å². The topological polar surface area (TPSA) is 59.0 Å². The molecule has 3 rings (SSSR count). The molecule has 0 aromatic heterocycles. The van der Waals surface area contributed by atoms with Crippen LogP contribution in [0, 0.1) is 0 Å². The maximum Gasteiger partial charge on any atom is 0.414 e. The third-order valence-electron chi connectivity index (χ3n) is 4.60. The summed E-state index contributed by atoms with van der Waals surface area (Å²) in [5.41, 5.74) is 2.15. The highest BCUT2D eigenvalue weighted by molar-refractivity contribution is 5.89. The number of anilines is 1. The Kier molecular flexibility index (Phi) is 4.64. The lowest BCUT2D eigenvalue weighted by atomic mass is 9.83. The van der Waals surface area contributed by atoms with Gasteiger partial charge in [0.1, 0.15) is 6.10 Å². The number of hydrogen-bond acceptors (Lipinski definition) is 4. The molecule has 2 fully saturated rings. The number of nitrogens with zero attached hydrogens (tertiary/aromatic N) is 1. The van der Waals surface area contributed by atoms with Crippen molar-refractivity contribution in [1.82, 2.24) is 0 Å². The SMILES string of the molecule is COC[C@H]1CN(c2ccc([C@H]3CC[C@H](O)CC3)cc2)C(=O)O1. The van der Waals surface area contributed by atoms with E-state index in [2.05, 4.69) is 12.1 Å². The van der Waals surface area contributed by atoms with E-state index in [1.165, 1.54) is 5.56 Å². The van der Waals surface area contributed by atoms with Gasteiger partial charge in [-0.3, -0.25) is 4.90 Å². The van der Waals surface area contributed by atoms with E-state index in [-0.39, 0.29) is 18.3 Å². The molecule has 1 aromatic carbocycles. The van der Waals surface area contributed by atoms with Gasteiger partial charge in [0.2, 0.25) is 0 Å². The van der Waals surface area contributed by atoms with Crippen LogP contribution in [0.25, 0.3) is 0 Å². The molecule has 1 N–H and O–H groups in total. The summed E-state index contributed by atoms with van der Waals surface area (Å²) in [6.07, 6.45) is 3.18. The van der Waals surface area contributed by atoms with Gasteiger partial charge < -0.3 is 14.6 Å². The number of benzene rings is 1. The Morgan fingerprint density at radius 3 is 2.55 bits per heavy atom. The summed E-state index contributed by atoms with van der Waals surface area (Å²) in [7, 11) is 1.60. The first-order valence-electron chi connectivity index (χ1n) is 7.92. The van der Waals surface area contributed by atoms with Crippen LogP contribution in [-0.4, -0.2) is 43.7 Å². The summed E-state index contributed by atoms with van der Waals surface area (Å²) in [6, 6.07) is 8.15. The molecule has 1 saturated heterocycles. The van der Waals surface area contributed by atoms with Crippen LogP contribution in [0.1, 0.15) is 37.2 Å². The van der Waals surface area contributed by atoms with E-state index in [1.807, 2.05) is 12.1 Å². The maximum absolute atomic E-state index is 11.9. The average Bonchev–Trinajstić information content (AvgIpc) is 2.89. The predicted molar refractivity (Wildman–Crippen MR) is 83.1 cm³/mol. The molecular formula is C17H23NO4. The van der Waals surface area contributed by atoms with Gasteiger partial charge in [-0.1, -0.05) is 12.1 Å². The number of rotatable bonds is 4. The van der Waals surface area contributed by atoms with E-state index in [0.29, 0.717) is 19.1 Å². The van der Waals surface area contributed by atoms with Gasteiger partial charge in [0.05, 0.1) is 19.3 Å². The monoisotopic (exact) mass is 305 g/mol. The van der Waals surface area contributed by atoms with E-state index in [9.17, 15) is 9.90 Å². The van der Waals surface area contributed by atoms with Crippen molar-refractivity contribution in [1.29, 1.82) is 0 Å². The lowest BCUT2D eigenvalue weighted by Gasteiger charge is -2.26. The second kappa shape index (κ2) is 6.67. The van der Waals surface area contributed by atoms with Crippen LogP contribution in [-0.2, 0) is 9.47 Å². The molecule has 0 spiro atoms. The first-order valence-corrected chi connectivity index (χ1v) is 7.92. The molecule has 0 bridgehead atoms. The quantitative estimate of drug-likeness (QED) is 0.929. The van der Waals surface area contributed by atoms with E-state index in [0.717, 1.165) is 31.4 Å². The van der Waals surface area contributed by atoms with Gasteiger partial charge in [-0.05, 0) is 49.3 Å². The first kappa shape index (κ1) is 15.3. The zero-order chi connectivity index (χ0) is 15.5. The lowest BCUT2D eigenvalue weighted by molar-refractivity contribution is 0.0718. The van der Waals surface area contributed by atoms with E-state index < -0.39 is 0 Å². The van der Waals surface area contributed by atoms with Gasteiger partial charge in [-0.25, -0.2) is 4.79 Å². The Hall–Kier alpha value is -1.59. The second-order valence-corrected chi connectivity index (χ2v) is 6.17. The second-order valence-electron chi connectivity index (χ2n) is 6.17. The van der Waals surface area contributed by atoms with Gasteiger partial charge >= 0.3 is 6.09 Å². The summed E-state index contributed by atoms with van der Waals surface area (Å²) in [5.74, 6) is 0.518. The highest BCUT2D eigenvalue weighted by Crippen LogP contribution is 2.34. The van der Waals surface area contributed by atoms with Crippen LogP contribution in [0.3, 0.4) is 0 Å². The molecule has 1 saturated carbocycles. The Morgan fingerprint density at radius 2 is 1.91 bits per heavy atom. The third kappa shape index (κ3) is 3.25. The van der Waals surface area contributed by atoms with Crippen molar-refractivity contribution in [3.8, 4) is 0 Å². The number of carbonyl (C=O) groups excluding carboxylic acids is 1. The lowest BCUT2D eigenvalue weighted by Crippen LogP contribution is -2.25. The molecule has 120 valence electrons. The summed E-state index contributed by atoms with van der Waals surface area (Å²) in [6.45, 7) is 0.951. The minimum atomic E-state index is -0.310. The average molecular weight is 305 g/mol. The van der Waals surface area contributed by atoms with E-state index in [1.54, 1.807) is 12.0 Å². The van der Waals surface area contributed by atoms with Crippen molar-refractivity contribution < 1.29 is 19.4 Å². The Balaban J connectivity index is 1.65. The number of hydrogen-bond donors (Lipinski definition) is 1. The Labute approximate surface area is 130 Å². The summed E-state index contributed by atoms with van der Waals surface area (Å²) in [5, 5.41) is 9.59. The van der Waals surface area contributed by atoms with Crippen molar-refractivity contribution in [2.24, 2.45) is 0 Å². The fraction of sp³-hybridized carbons (Fsp3) is 0.588. The fourth-order valence-corrected chi connectivity index (χ4v) is 3.34. The Morgan fingerprint density at radius 1 is 1.23 bits per heavy atom. The van der Waals surface area contributed by atoms with E-state index in [4.69, 9.17) is 9.47 Å². The molecule has 5 nitrogen and oxygen atoms in total. The molecule has 1 amide bonds.